The number of rotatable bonds is 4. The monoisotopic (exact) mass is 332 g/mol. The van der Waals surface area contributed by atoms with E-state index in [1.54, 1.807) is 13.1 Å². The average molecular weight is 332 g/mol. The second-order valence-electron chi connectivity index (χ2n) is 5.51. The summed E-state index contributed by atoms with van der Waals surface area (Å²) in [6, 6.07) is 5.59. The quantitative estimate of drug-likeness (QED) is 0.844. The van der Waals surface area contributed by atoms with Gasteiger partial charge in [-0.05, 0) is 24.7 Å². The summed E-state index contributed by atoms with van der Waals surface area (Å²) in [4.78, 5) is 15.8. The molecule has 0 saturated carbocycles. The number of hydrogen-bond donors (Lipinski definition) is 0. The first-order chi connectivity index (χ1) is 10.7. The Hall–Kier alpha value is -1.80. The van der Waals surface area contributed by atoms with Gasteiger partial charge in [-0.2, -0.15) is 0 Å². The number of halogens is 3. The van der Waals surface area contributed by atoms with E-state index in [9.17, 15) is 18.0 Å². The zero-order chi connectivity index (χ0) is 17.0. The van der Waals surface area contributed by atoms with Gasteiger partial charge in [0.05, 0.1) is 6.61 Å². The van der Waals surface area contributed by atoms with Crippen LogP contribution in [0, 0.1) is 0 Å². The number of carbonyl (C=O) groups is 1. The number of hydrogen-bond acceptors (Lipinski definition) is 4. The van der Waals surface area contributed by atoms with Gasteiger partial charge in [-0.15, -0.1) is 13.2 Å². The van der Waals surface area contributed by atoms with Crippen molar-refractivity contribution in [3.63, 3.8) is 0 Å². The normalized spacial score (nSPS) is 19.4. The molecule has 1 saturated heterocycles. The molecular formula is C15H19F3N2O3. The lowest BCUT2D eigenvalue weighted by atomic mass is 10.2. The fourth-order valence-corrected chi connectivity index (χ4v) is 2.37. The van der Waals surface area contributed by atoms with Gasteiger partial charge >= 0.3 is 6.36 Å². The van der Waals surface area contributed by atoms with Crippen molar-refractivity contribution in [2.75, 3.05) is 33.8 Å². The number of alkyl halides is 3. The fourth-order valence-electron chi connectivity index (χ4n) is 2.37. The van der Waals surface area contributed by atoms with Crippen molar-refractivity contribution in [3.8, 4) is 5.75 Å². The van der Waals surface area contributed by atoms with Crippen LogP contribution in [0.25, 0.3) is 0 Å². The van der Waals surface area contributed by atoms with E-state index in [4.69, 9.17) is 4.74 Å². The van der Waals surface area contributed by atoms with E-state index in [1.165, 1.54) is 23.1 Å². The number of morpholine rings is 1. The van der Waals surface area contributed by atoms with Gasteiger partial charge in [-0.1, -0.05) is 12.1 Å². The van der Waals surface area contributed by atoms with Gasteiger partial charge < -0.3 is 19.3 Å². The number of ether oxygens (including phenoxy) is 2. The summed E-state index contributed by atoms with van der Waals surface area (Å²) in [6.45, 7) is 1.93. The Balaban J connectivity index is 1.98. The summed E-state index contributed by atoms with van der Waals surface area (Å²) in [5, 5.41) is 0. The first kappa shape index (κ1) is 17.6. The van der Waals surface area contributed by atoms with Crippen LogP contribution < -0.4 is 4.74 Å². The van der Waals surface area contributed by atoms with Crippen LogP contribution >= 0.6 is 0 Å². The van der Waals surface area contributed by atoms with Gasteiger partial charge in [0.15, 0.2) is 0 Å². The molecule has 1 aromatic rings. The summed E-state index contributed by atoms with van der Waals surface area (Å²) in [6.07, 6.45) is -5.28. The molecule has 128 valence electrons. The van der Waals surface area contributed by atoms with Gasteiger partial charge in [0.1, 0.15) is 11.9 Å². The van der Waals surface area contributed by atoms with E-state index < -0.39 is 12.5 Å². The first-order valence-electron chi connectivity index (χ1n) is 7.14. The molecule has 1 amide bonds. The van der Waals surface area contributed by atoms with Gasteiger partial charge in [0.2, 0.25) is 0 Å². The molecule has 2 rings (SSSR count). The molecule has 0 aliphatic carbocycles. The van der Waals surface area contributed by atoms with E-state index in [-0.39, 0.29) is 18.2 Å². The third kappa shape index (κ3) is 5.40. The molecule has 1 unspecified atom stereocenters. The first-order valence-corrected chi connectivity index (χ1v) is 7.14. The highest BCUT2D eigenvalue weighted by Gasteiger charge is 2.31. The third-order valence-electron chi connectivity index (χ3n) is 3.47. The highest BCUT2D eigenvalue weighted by molar-refractivity contribution is 5.81. The smallest absolute Gasteiger partial charge is 0.406 e. The van der Waals surface area contributed by atoms with Crippen LogP contribution in [0.4, 0.5) is 13.2 Å². The third-order valence-corrected chi connectivity index (χ3v) is 3.47. The molecule has 0 bridgehead atoms. The highest BCUT2D eigenvalue weighted by Crippen LogP contribution is 2.23. The zero-order valence-electron chi connectivity index (χ0n) is 13.0. The second-order valence-corrected chi connectivity index (χ2v) is 5.51. The molecule has 1 fully saturated rings. The van der Waals surface area contributed by atoms with Crippen LogP contribution in [0.2, 0.25) is 0 Å². The predicted octanol–water partition coefficient (Wildman–Crippen LogP) is 1.87. The summed E-state index contributed by atoms with van der Waals surface area (Å²) < 4.78 is 46.0. The Morgan fingerprint density at radius 2 is 2.22 bits per heavy atom. The standard InChI is InChI=1S/C15H19F3N2O3/c1-19-6-7-22-13(10-19)14(21)20(2)9-11-4-3-5-12(8-11)23-15(16,17)18/h3-5,8,13H,6-7,9-10H2,1-2H3. The number of nitrogens with zero attached hydrogens (tertiary/aromatic N) is 2. The van der Waals surface area contributed by atoms with E-state index in [0.717, 1.165) is 6.54 Å². The Kier molecular flexibility index (Phi) is 5.48. The Morgan fingerprint density at radius 3 is 2.87 bits per heavy atom. The van der Waals surface area contributed by atoms with Crippen molar-refractivity contribution in [2.24, 2.45) is 0 Å². The minimum absolute atomic E-state index is 0.178. The summed E-state index contributed by atoms with van der Waals surface area (Å²) in [5.74, 6) is -0.497. The largest absolute Gasteiger partial charge is 0.573 e. The fraction of sp³-hybridized carbons (Fsp3) is 0.533. The second kappa shape index (κ2) is 7.18. The van der Waals surface area contributed by atoms with Crippen LogP contribution in [0.15, 0.2) is 24.3 Å². The van der Waals surface area contributed by atoms with Crippen molar-refractivity contribution in [2.45, 2.75) is 19.0 Å². The average Bonchev–Trinajstić information content (AvgIpc) is 2.45. The van der Waals surface area contributed by atoms with Gasteiger partial charge in [0.25, 0.3) is 5.91 Å². The van der Waals surface area contributed by atoms with Crippen molar-refractivity contribution in [3.05, 3.63) is 29.8 Å². The highest BCUT2D eigenvalue weighted by atomic mass is 19.4. The molecule has 1 aliphatic heterocycles. The molecule has 1 heterocycles. The van der Waals surface area contributed by atoms with Crippen molar-refractivity contribution >= 4 is 5.91 Å². The van der Waals surface area contributed by atoms with Crippen LogP contribution in [-0.4, -0.2) is 62.0 Å². The van der Waals surface area contributed by atoms with E-state index in [2.05, 4.69) is 4.74 Å². The molecule has 0 N–H and O–H groups in total. The lowest BCUT2D eigenvalue weighted by Crippen LogP contribution is -2.48. The van der Waals surface area contributed by atoms with Crippen LogP contribution in [0.5, 0.6) is 5.75 Å². The molecule has 8 heteroatoms. The van der Waals surface area contributed by atoms with Gasteiger partial charge in [-0.25, -0.2) is 0 Å². The van der Waals surface area contributed by atoms with Crippen LogP contribution in [0.3, 0.4) is 0 Å². The molecular weight excluding hydrogens is 313 g/mol. The van der Waals surface area contributed by atoms with Crippen LogP contribution in [0.1, 0.15) is 5.56 Å². The van der Waals surface area contributed by atoms with E-state index >= 15 is 0 Å². The molecule has 23 heavy (non-hydrogen) atoms. The molecule has 1 aliphatic rings. The molecule has 0 radical (unpaired) electrons. The minimum Gasteiger partial charge on any atom is -0.406 e. The maximum Gasteiger partial charge on any atom is 0.573 e. The molecule has 0 aromatic heterocycles. The SMILES string of the molecule is CN1CCOC(C(=O)N(C)Cc2cccc(OC(F)(F)F)c2)C1. The molecule has 0 spiro atoms. The van der Waals surface area contributed by atoms with E-state index in [0.29, 0.717) is 18.7 Å². The lowest BCUT2D eigenvalue weighted by molar-refractivity contribution is -0.274. The predicted molar refractivity (Wildman–Crippen MR) is 76.8 cm³/mol. The Labute approximate surface area is 132 Å². The topological polar surface area (TPSA) is 42.0 Å². The number of amides is 1. The molecule has 1 atom stereocenters. The molecule has 1 aromatic carbocycles. The summed E-state index contributed by atoms with van der Waals surface area (Å²) in [5.41, 5.74) is 0.548. The van der Waals surface area contributed by atoms with Gasteiger partial charge in [-0.3, -0.25) is 4.79 Å². The van der Waals surface area contributed by atoms with Gasteiger partial charge in [0, 0.05) is 26.7 Å². The summed E-state index contributed by atoms with van der Waals surface area (Å²) >= 11 is 0. The molecule has 5 nitrogen and oxygen atoms in total. The van der Waals surface area contributed by atoms with Crippen LogP contribution in [-0.2, 0) is 16.1 Å². The number of likely N-dealkylation sites (N-methyl/N-ethyl adjacent to an activating group) is 2. The summed E-state index contributed by atoms with van der Waals surface area (Å²) in [7, 11) is 3.50. The number of benzene rings is 1. The van der Waals surface area contributed by atoms with Crippen molar-refractivity contribution in [1.82, 2.24) is 9.80 Å². The maximum atomic E-state index is 12.3. The van der Waals surface area contributed by atoms with Crippen molar-refractivity contribution < 1.29 is 27.4 Å². The van der Waals surface area contributed by atoms with Crippen molar-refractivity contribution in [1.29, 1.82) is 0 Å². The minimum atomic E-state index is -4.74. The van der Waals surface area contributed by atoms with E-state index in [1.807, 2.05) is 11.9 Å². The Bertz CT molecular complexity index is 551. The Morgan fingerprint density at radius 1 is 1.48 bits per heavy atom. The maximum absolute atomic E-state index is 12.3. The lowest BCUT2D eigenvalue weighted by Gasteiger charge is -2.31. The number of carbonyl (C=O) groups excluding carboxylic acids is 1. The zero-order valence-corrected chi connectivity index (χ0v) is 13.0.